The van der Waals surface area contributed by atoms with Crippen molar-refractivity contribution in [3.8, 4) is 5.75 Å². The third kappa shape index (κ3) is 1.80. The van der Waals surface area contributed by atoms with Crippen LogP contribution in [0, 0.1) is 0 Å². The van der Waals surface area contributed by atoms with Gasteiger partial charge in [-0.2, -0.15) is 0 Å². The van der Waals surface area contributed by atoms with E-state index in [0.717, 1.165) is 11.3 Å². The Labute approximate surface area is 119 Å². The van der Waals surface area contributed by atoms with Crippen molar-refractivity contribution in [2.75, 3.05) is 18.1 Å². The molecule has 0 saturated carbocycles. The van der Waals surface area contributed by atoms with Crippen molar-refractivity contribution >= 4 is 50.7 Å². The number of thiophene rings is 1. The summed E-state index contributed by atoms with van der Waals surface area (Å²) in [7, 11) is 0. The zero-order valence-corrected chi connectivity index (χ0v) is 11.7. The first-order valence-corrected chi connectivity index (χ1v) is 6.89. The molecule has 1 atom stereocenters. The van der Waals surface area contributed by atoms with Crippen molar-refractivity contribution in [1.29, 1.82) is 0 Å². The molecule has 3 rings (SSSR count). The summed E-state index contributed by atoms with van der Waals surface area (Å²) in [4.78, 5) is 36.5. The van der Waals surface area contributed by atoms with E-state index in [-0.39, 0.29) is 23.9 Å². The second kappa shape index (κ2) is 4.20. The summed E-state index contributed by atoms with van der Waals surface area (Å²) in [6, 6.07) is -1.12. The fourth-order valence-electron chi connectivity index (χ4n) is 2.03. The number of anilines is 1. The highest BCUT2D eigenvalue weighted by Crippen LogP contribution is 2.48. The average Bonchev–Trinajstić information content (AvgIpc) is 2.60. The predicted molar refractivity (Wildman–Crippen MR) is 68.8 cm³/mol. The zero-order valence-electron chi connectivity index (χ0n) is 9.31. The maximum atomic E-state index is 12.0. The quantitative estimate of drug-likeness (QED) is 0.768. The number of amides is 2. The summed E-state index contributed by atoms with van der Waals surface area (Å²) in [5.74, 6) is -1.63. The van der Waals surface area contributed by atoms with Crippen molar-refractivity contribution in [2.45, 2.75) is 6.04 Å². The molecule has 7 nitrogen and oxygen atoms in total. The van der Waals surface area contributed by atoms with Crippen molar-refractivity contribution in [1.82, 2.24) is 5.32 Å². The Bertz CT molecular complexity index is 613. The Morgan fingerprint density at radius 1 is 1.53 bits per heavy atom. The van der Waals surface area contributed by atoms with Crippen LogP contribution in [0.4, 0.5) is 5.69 Å². The summed E-state index contributed by atoms with van der Waals surface area (Å²) in [5.41, 5.74) is 0.356. The Morgan fingerprint density at radius 2 is 2.26 bits per heavy atom. The van der Waals surface area contributed by atoms with Crippen LogP contribution >= 0.6 is 27.3 Å². The van der Waals surface area contributed by atoms with Gasteiger partial charge in [-0.05, 0) is 15.9 Å². The second-order valence-electron chi connectivity index (χ2n) is 4.04. The van der Waals surface area contributed by atoms with Gasteiger partial charge in [-0.15, -0.1) is 11.3 Å². The monoisotopic (exact) mass is 346 g/mol. The number of hydrogen-bond acceptors (Lipinski definition) is 5. The first-order chi connectivity index (χ1) is 8.99. The Balaban J connectivity index is 2.15. The van der Waals surface area contributed by atoms with Gasteiger partial charge in [0.1, 0.15) is 20.4 Å². The van der Waals surface area contributed by atoms with Crippen molar-refractivity contribution in [2.24, 2.45) is 0 Å². The number of aliphatic carboxylic acids is 1. The molecule has 9 heteroatoms. The molecule has 0 saturated heterocycles. The average molecular weight is 347 g/mol. The lowest BCUT2D eigenvalue weighted by Crippen LogP contribution is -2.49. The lowest BCUT2D eigenvalue weighted by Gasteiger charge is -2.27. The number of ether oxygens (including phenoxy) is 1. The van der Waals surface area contributed by atoms with Crippen LogP contribution in [0.1, 0.15) is 9.67 Å². The molecule has 1 aromatic rings. The van der Waals surface area contributed by atoms with E-state index < -0.39 is 17.9 Å². The number of carbonyl (C=O) groups is 3. The lowest BCUT2D eigenvalue weighted by atomic mass is 10.2. The number of carbonyl (C=O) groups excluding carboxylic acids is 2. The van der Waals surface area contributed by atoms with E-state index in [1.165, 1.54) is 4.90 Å². The summed E-state index contributed by atoms with van der Waals surface area (Å²) in [6.45, 7) is -0.269. The Hall–Kier alpha value is -1.61. The number of carboxylic acids is 1. The highest BCUT2D eigenvalue weighted by Gasteiger charge is 2.40. The van der Waals surface area contributed by atoms with Gasteiger partial charge in [-0.3, -0.25) is 9.59 Å². The number of carboxylic acid groups (broad SMARTS) is 1. The first-order valence-electron chi connectivity index (χ1n) is 5.28. The van der Waals surface area contributed by atoms with E-state index in [1.54, 1.807) is 0 Å². The molecule has 3 heterocycles. The number of nitrogens with zero attached hydrogens (tertiary/aromatic N) is 1. The van der Waals surface area contributed by atoms with Crippen LogP contribution in [0.15, 0.2) is 3.79 Å². The fourth-order valence-corrected chi connectivity index (χ4v) is 3.69. The van der Waals surface area contributed by atoms with Crippen LogP contribution in [-0.4, -0.2) is 42.1 Å². The lowest BCUT2D eigenvalue weighted by molar-refractivity contribution is -0.139. The van der Waals surface area contributed by atoms with Gasteiger partial charge in [-0.1, -0.05) is 0 Å². The summed E-state index contributed by atoms with van der Waals surface area (Å²) in [6.07, 6.45) is 0. The molecule has 2 amide bonds. The van der Waals surface area contributed by atoms with E-state index in [9.17, 15) is 14.4 Å². The topological polar surface area (TPSA) is 95.9 Å². The summed E-state index contributed by atoms with van der Waals surface area (Å²) in [5, 5.41) is 11.4. The first kappa shape index (κ1) is 12.4. The van der Waals surface area contributed by atoms with Crippen molar-refractivity contribution in [3.63, 3.8) is 0 Å². The van der Waals surface area contributed by atoms with E-state index in [0.29, 0.717) is 15.2 Å². The van der Waals surface area contributed by atoms with Gasteiger partial charge in [0.2, 0.25) is 0 Å². The van der Waals surface area contributed by atoms with Crippen LogP contribution in [0.2, 0.25) is 0 Å². The van der Waals surface area contributed by atoms with Crippen LogP contribution in [0.25, 0.3) is 0 Å². The number of nitrogens with one attached hydrogen (secondary N) is 1. The molecule has 0 spiro atoms. The second-order valence-corrected chi connectivity index (χ2v) is 6.38. The molecule has 0 bridgehead atoms. The van der Waals surface area contributed by atoms with E-state index in [4.69, 9.17) is 9.84 Å². The molecule has 19 heavy (non-hydrogen) atoms. The van der Waals surface area contributed by atoms with Gasteiger partial charge in [0, 0.05) is 0 Å². The van der Waals surface area contributed by atoms with Crippen molar-refractivity contribution < 1.29 is 24.2 Å². The highest BCUT2D eigenvalue weighted by molar-refractivity contribution is 9.11. The molecule has 1 aromatic heterocycles. The maximum Gasteiger partial charge on any atom is 0.328 e. The minimum Gasteiger partial charge on any atom is -0.480 e. The molecule has 0 unspecified atom stereocenters. The van der Waals surface area contributed by atoms with Gasteiger partial charge < -0.3 is 20.1 Å². The molecule has 0 radical (unpaired) electrons. The minimum absolute atomic E-state index is 0.105. The van der Waals surface area contributed by atoms with Gasteiger partial charge >= 0.3 is 5.97 Å². The highest BCUT2D eigenvalue weighted by atomic mass is 79.9. The zero-order chi connectivity index (χ0) is 13.7. The normalized spacial score (nSPS) is 21.3. The number of halogens is 1. The molecular weight excluding hydrogens is 340 g/mol. The smallest absolute Gasteiger partial charge is 0.328 e. The molecule has 2 aliphatic rings. The van der Waals surface area contributed by atoms with Crippen LogP contribution in [0.3, 0.4) is 0 Å². The molecule has 0 aliphatic carbocycles. The molecule has 100 valence electrons. The van der Waals surface area contributed by atoms with Gasteiger partial charge in [0.25, 0.3) is 11.8 Å². The SMILES string of the molecule is O=C1N[C@H](C(=O)O)CN2C(=O)COc3c(Br)sc1c32. The third-order valence-electron chi connectivity index (χ3n) is 2.89. The number of hydrogen-bond donors (Lipinski definition) is 2. The Morgan fingerprint density at radius 3 is 2.95 bits per heavy atom. The van der Waals surface area contributed by atoms with Crippen LogP contribution in [0.5, 0.6) is 5.75 Å². The minimum atomic E-state index is -1.18. The molecule has 2 N–H and O–H groups in total. The molecule has 0 aromatic carbocycles. The van der Waals surface area contributed by atoms with E-state index in [1.807, 2.05) is 0 Å². The molecule has 2 aliphatic heterocycles. The van der Waals surface area contributed by atoms with Crippen molar-refractivity contribution in [3.05, 3.63) is 8.66 Å². The molecule has 0 fully saturated rings. The Kier molecular flexibility index (Phi) is 2.75. The largest absolute Gasteiger partial charge is 0.480 e. The standard InChI is InChI=1S/C10H7BrN2O5S/c11-8-6-5-7(19-8)9(15)12-3(10(16)17)1-13(5)4(14)2-18-6/h3H,1-2H2,(H,12,15)(H,16,17)/t3-/m0/s1. The van der Waals surface area contributed by atoms with Crippen LogP contribution in [-0.2, 0) is 9.59 Å². The summed E-state index contributed by atoms with van der Waals surface area (Å²) < 4.78 is 5.91. The van der Waals surface area contributed by atoms with Crippen LogP contribution < -0.4 is 15.0 Å². The van der Waals surface area contributed by atoms with Gasteiger partial charge in [-0.25, -0.2) is 4.79 Å². The maximum absolute atomic E-state index is 12.0. The summed E-state index contributed by atoms with van der Waals surface area (Å²) >= 11 is 4.39. The predicted octanol–water partition coefficient (Wildman–Crippen LogP) is 0.433. The third-order valence-corrected chi connectivity index (χ3v) is 4.68. The fraction of sp³-hybridized carbons (Fsp3) is 0.300. The van der Waals surface area contributed by atoms with E-state index in [2.05, 4.69) is 21.2 Å². The van der Waals surface area contributed by atoms with Gasteiger partial charge in [0.05, 0.1) is 6.54 Å². The number of rotatable bonds is 1. The van der Waals surface area contributed by atoms with E-state index >= 15 is 0 Å². The van der Waals surface area contributed by atoms with Gasteiger partial charge in [0.15, 0.2) is 12.4 Å². The molecular formula is C10H7BrN2O5S.